The van der Waals surface area contributed by atoms with Crippen LogP contribution in [0.15, 0.2) is 121 Å². The van der Waals surface area contributed by atoms with E-state index >= 15 is 0 Å². The zero-order chi connectivity index (χ0) is 58.8. The summed E-state index contributed by atoms with van der Waals surface area (Å²) in [6.07, 6.45) is -2.96. The number of hydrogen-bond donors (Lipinski definition) is 0. The Kier molecular flexibility index (Phi) is 21.4. The van der Waals surface area contributed by atoms with Crippen LogP contribution < -0.4 is 20.7 Å². The van der Waals surface area contributed by atoms with Crippen LogP contribution in [-0.2, 0) is 58.4 Å². The zero-order valence-electron chi connectivity index (χ0n) is 51.6. The maximum atomic E-state index is 7.58. The smallest absolute Gasteiger partial charge is 0.347 e. The van der Waals surface area contributed by atoms with E-state index in [0.29, 0.717) is 32.8 Å². The van der Waals surface area contributed by atoms with Crippen LogP contribution in [0.1, 0.15) is 103 Å². The van der Waals surface area contributed by atoms with Gasteiger partial charge in [-0.3, -0.25) is 0 Å². The molecule has 12 atom stereocenters. The van der Waals surface area contributed by atoms with Crippen LogP contribution in [0.25, 0.3) is 0 Å². The summed E-state index contributed by atoms with van der Waals surface area (Å²) < 4.78 is 91.4. The van der Waals surface area contributed by atoms with E-state index in [1.165, 1.54) is 20.7 Å². The minimum atomic E-state index is -3.01. The van der Waals surface area contributed by atoms with E-state index in [9.17, 15) is 0 Å². The fourth-order valence-electron chi connectivity index (χ4n) is 11.1. The van der Waals surface area contributed by atoms with Crippen LogP contribution in [-0.4, -0.2) is 115 Å². The second-order valence-electron chi connectivity index (χ2n) is 27.4. The molecular weight excluding hydrogens is 1150 g/mol. The molecule has 81 heavy (non-hydrogen) atoms. The Morgan fingerprint density at radius 1 is 0.420 bits per heavy atom. The summed E-state index contributed by atoms with van der Waals surface area (Å²) in [6, 6.07) is 42.7. The third-order valence-electron chi connectivity index (χ3n) is 17.6. The summed E-state index contributed by atoms with van der Waals surface area (Å²) in [7, 11) is -17.2. The SMILES string of the molecule is CC[C@H]1OC[C@@H](O[Si](C)(C)C(C)(C)C)C1OP1OP(OC2[C@H](C)CO[C@@H]2CO[Si](c2ccccc2)(c2ccccc2)C(C)(C)C)OP(O[C@@H]2C(O[Si](C)(C)C(C)(C)C)CO[C@@H]2CO[Si](c2ccccc2)(c2ccccc2)C(C)(C)C)O1. The van der Waals surface area contributed by atoms with Gasteiger partial charge in [0, 0.05) is 5.92 Å². The van der Waals surface area contributed by atoms with Crippen molar-refractivity contribution in [2.24, 2.45) is 5.92 Å². The third-order valence-corrected chi connectivity index (χ3v) is 41.1. The summed E-state index contributed by atoms with van der Waals surface area (Å²) in [4.78, 5) is 0. The summed E-state index contributed by atoms with van der Waals surface area (Å²) in [5.41, 5.74) is 0. The van der Waals surface area contributed by atoms with E-state index in [0.717, 1.165) is 0 Å². The van der Waals surface area contributed by atoms with Gasteiger partial charge in [-0.25, -0.2) is 12.9 Å². The van der Waals surface area contributed by atoms with Crippen molar-refractivity contribution in [3.05, 3.63) is 121 Å². The van der Waals surface area contributed by atoms with Crippen molar-refractivity contribution in [2.45, 2.75) is 199 Å². The molecular formula is C61H95O13P3Si4. The summed E-state index contributed by atoms with van der Waals surface area (Å²) in [6.45, 7) is 42.2. The molecule has 6 unspecified atom stereocenters. The first-order valence-electron chi connectivity index (χ1n) is 29.2. The van der Waals surface area contributed by atoms with Crippen molar-refractivity contribution in [3.8, 4) is 0 Å². The highest BCUT2D eigenvalue weighted by Gasteiger charge is 2.57. The quantitative estimate of drug-likeness (QED) is 0.0582. The Balaban J connectivity index is 1.13. The van der Waals surface area contributed by atoms with Crippen molar-refractivity contribution in [1.29, 1.82) is 0 Å². The van der Waals surface area contributed by atoms with Crippen LogP contribution in [0.2, 0.25) is 46.3 Å². The highest BCUT2D eigenvalue weighted by molar-refractivity contribution is 7.69. The predicted molar refractivity (Wildman–Crippen MR) is 339 cm³/mol. The monoisotopic (exact) mass is 1240 g/mol. The maximum absolute atomic E-state index is 7.58. The van der Waals surface area contributed by atoms with Crippen molar-refractivity contribution >= 4 is 79.8 Å². The molecule has 4 aliphatic heterocycles. The summed E-state index contributed by atoms with van der Waals surface area (Å²) in [5, 5.41) is 4.10. The van der Waals surface area contributed by atoms with Crippen LogP contribution in [0.3, 0.4) is 0 Å². The zero-order valence-corrected chi connectivity index (χ0v) is 58.3. The first-order valence-corrected chi connectivity index (χ1v) is 42.1. The van der Waals surface area contributed by atoms with Crippen molar-refractivity contribution < 1.29 is 58.4 Å². The molecule has 0 N–H and O–H groups in total. The third kappa shape index (κ3) is 14.6. The lowest BCUT2D eigenvalue weighted by Crippen LogP contribution is -2.67. The molecule has 8 rings (SSSR count). The molecule has 0 saturated carbocycles. The van der Waals surface area contributed by atoms with Crippen LogP contribution in [0.5, 0.6) is 0 Å². The highest BCUT2D eigenvalue weighted by Crippen LogP contribution is 2.74. The summed E-state index contributed by atoms with van der Waals surface area (Å²) >= 11 is 0. The van der Waals surface area contributed by atoms with Gasteiger partial charge in [0.2, 0.25) is 0 Å². The molecule has 0 radical (unpaired) electrons. The van der Waals surface area contributed by atoms with Gasteiger partial charge in [-0.2, -0.15) is 0 Å². The molecule has 13 nitrogen and oxygen atoms in total. The number of hydrogen-bond acceptors (Lipinski definition) is 13. The first-order chi connectivity index (χ1) is 38.0. The number of ether oxygens (including phenoxy) is 3. The van der Waals surface area contributed by atoms with Gasteiger partial charge in [0.25, 0.3) is 16.6 Å². The van der Waals surface area contributed by atoms with Gasteiger partial charge < -0.3 is 45.5 Å². The fraction of sp³-hybridized carbons (Fsp3) is 0.607. The van der Waals surface area contributed by atoms with Gasteiger partial charge in [0.05, 0.1) is 57.5 Å². The molecule has 20 heteroatoms. The lowest BCUT2D eigenvalue weighted by Gasteiger charge is -2.44. The van der Waals surface area contributed by atoms with Crippen LogP contribution >= 0.6 is 25.8 Å². The number of benzene rings is 4. The second kappa shape index (κ2) is 26.5. The lowest BCUT2D eigenvalue weighted by atomic mass is 10.1. The van der Waals surface area contributed by atoms with E-state index in [4.69, 9.17) is 58.4 Å². The molecule has 4 fully saturated rings. The Hall–Kier alpha value is -1.48. The standard InChI is InChI=1S/C61H95O13P3Si4/c1-19-50-56(53(41-63-50)70-78(15,16)58(3,4)5)68-76-72-75(67-55-45(2)40-62-51(55)43-65-80(60(9,10)11,46-32-24-20-25-33-46)47-34-26-21-27-35-47)73-77(74-76)69-57-52(64-42-54(57)71-79(17,18)59(6,7)8)44-66-81(61(12,13)14,48-36-28-22-29-37-48)49-38-30-23-31-39-49/h20-39,45,50-57H,19,40-44H2,1-18H3/t45-,50-,51-,52-,53-,54?,55?,56?,57+,75?,76?,77?/m1/s1. The van der Waals surface area contributed by atoms with Crippen molar-refractivity contribution in [2.75, 3.05) is 33.0 Å². The Bertz CT molecular complexity index is 2510. The molecule has 448 valence electrons. The van der Waals surface area contributed by atoms with Gasteiger partial charge in [0.15, 0.2) is 16.6 Å². The van der Waals surface area contributed by atoms with Gasteiger partial charge >= 0.3 is 25.8 Å². The van der Waals surface area contributed by atoms with E-state index in [1.807, 2.05) is 0 Å². The molecule has 0 amide bonds. The Morgan fingerprint density at radius 3 is 1.04 bits per heavy atom. The Labute approximate surface area is 494 Å². The predicted octanol–water partition coefficient (Wildman–Crippen LogP) is 14.1. The average Bonchev–Trinajstić information content (AvgIpc) is 4.17. The van der Waals surface area contributed by atoms with Gasteiger partial charge in [0.1, 0.15) is 24.4 Å². The fourth-order valence-corrected chi connectivity index (χ4v) is 27.7. The van der Waals surface area contributed by atoms with Crippen molar-refractivity contribution in [3.63, 3.8) is 0 Å². The van der Waals surface area contributed by atoms with E-state index < -0.39 is 95.7 Å². The van der Waals surface area contributed by atoms with Crippen LogP contribution in [0.4, 0.5) is 0 Å². The molecule has 0 bridgehead atoms. The molecule has 4 heterocycles. The molecule has 4 aliphatic rings. The van der Waals surface area contributed by atoms with E-state index in [1.54, 1.807) is 0 Å². The molecule has 0 spiro atoms. The van der Waals surface area contributed by atoms with E-state index in [-0.39, 0.29) is 44.9 Å². The van der Waals surface area contributed by atoms with Crippen LogP contribution in [0, 0.1) is 5.92 Å². The molecule has 4 aromatic carbocycles. The minimum absolute atomic E-state index is 0.0294. The molecule has 4 saturated heterocycles. The lowest BCUT2D eigenvalue weighted by molar-refractivity contribution is -0.00370. The minimum Gasteiger partial charge on any atom is -0.409 e. The van der Waals surface area contributed by atoms with Crippen molar-refractivity contribution in [1.82, 2.24) is 0 Å². The van der Waals surface area contributed by atoms with E-state index in [2.05, 4.69) is 244 Å². The molecule has 0 aromatic heterocycles. The topological polar surface area (TPSA) is 120 Å². The average molecular weight is 1240 g/mol. The summed E-state index contributed by atoms with van der Waals surface area (Å²) in [5.74, 6) is -0.0294. The molecule has 0 aliphatic carbocycles. The molecule has 4 aromatic rings. The second-order valence-corrected chi connectivity index (χ2v) is 49.5. The number of rotatable bonds is 21. The van der Waals surface area contributed by atoms with Gasteiger partial charge in [-0.1, -0.05) is 218 Å². The maximum Gasteiger partial charge on any atom is 0.347 e. The Morgan fingerprint density at radius 2 is 0.716 bits per heavy atom. The highest BCUT2D eigenvalue weighted by atomic mass is 31.3. The normalized spacial score (nSPS) is 28.4. The largest absolute Gasteiger partial charge is 0.409 e. The first kappa shape index (κ1) is 65.5. The van der Waals surface area contributed by atoms with Gasteiger partial charge in [-0.15, -0.1) is 0 Å². The van der Waals surface area contributed by atoms with Gasteiger partial charge in [-0.05, 0) is 73.5 Å².